The molecule has 0 aliphatic heterocycles. The van der Waals surface area contributed by atoms with Crippen molar-refractivity contribution in [3.05, 3.63) is 75.8 Å². The van der Waals surface area contributed by atoms with E-state index in [4.69, 9.17) is 0 Å². The van der Waals surface area contributed by atoms with E-state index in [1.165, 1.54) is 6.20 Å². The summed E-state index contributed by atoms with van der Waals surface area (Å²) in [5, 5.41) is 3.29. The number of hydrogen-bond donors (Lipinski definition) is 2. The summed E-state index contributed by atoms with van der Waals surface area (Å²) in [6.07, 6.45) is 5.66. The quantitative estimate of drug-likeness (QED) is 0.777. The van der Waals surface area contributed by atoms with Gasteiger partial charge in [0, 0.05) is 30.5 Å². The second-order valence-electron chi connectivity index (χ2n) is 5.27. The van der Waals surface area contributed by atoms with Gasteiger partial charge >= 0.3 is 0 Å². The second-order valence-corrected chi connectivity index (χ2v) is 5.27. The van der Waals surface area contributed by atoms with Gasteiger partial charge in [-0.1, -0.05) is 25.1 Å². The fraction of sp³-hybridized carbons (Fsp3) is 0.167. The first-order valence-corrected chi connectivity index (χ1v) is 7.51. The van der Waals surface area contributed by atoms with Crippen LogP contribution >= 0.6 is 0 Å². The van der Waals surface area contributed by atoms with E-state index in [1.807, 2.05) is 25.1 Å². The van der Waals surface area contributed by atoms with E-state index < -0.39 is 0 Å². The van der Waals surface area contributed by atoms with Gasteiger partial charge in [-0.3, -0.25) is 14.6 Å². The molecule has 0 radical (unpaired) electrons. The summed E-state index contributed by atoms with van der Waals surface area (Å²) in [4.78, 5) is 31.9. The van der Waals surface area contributed by atoms with Gasteiger partial charge in [0.05, 0.1) is 5.52 Å². The van der Waals surface area contributed by atoms with Crippen LogP contribution in [0.3, 0.4) is 0 Å². The molecule has 2 aromatic heterocycles. The van der Waals surface area contributed by atoms with E-state index in [9.17, 15) is 9.59 Å². The summed E-state index contributed by atoms with van der Waals surface area (Å²) in [7, 11) is 0. The molecule has 3 rings (SSSR count). The first kappa shape index (κ1) is 15.0. The van der Waals surface area contributed by atoms with Crippen LogP contribution in [0.25, 0.3) is 10.9 Å². The summed E-state index contributed by atoms with van der Waals surface area (Å²) < 4.78 is 0. The fourth-order valence-corrected chi connectivity index (χ4v) is 2.56. The maximum atomic E-state index is 12.6. The van der Waals surface area contributed by atoms with E-state index in [1.54, 1.807) is 24.5 Å². The van der Waals surface area contributed by atoms with E-state index in [0.29, 0.717) is 11.9 Å². The van der Waals surface area contributed by atoms with Crippen molar-refractivity contribution in [1.82, 2.24) is 15.3 Å². The first-order valence-electron chi connectivity index (χ1n) is 7.51. The molecule has 0 atom stereocenters. The lowest BCUT2D eigenvalue weighted by Crippen LogP contribution is -2.28. The number of amides is 1. The molecule has 0 bridgehead atoms. The lowest BCUT2D eigenvalue weighted by Gasteiger charge is -2.08. The van der Waals surface area contributed by atoms with E-state index in [-0.39, 0.29) is 16.9 Å². The highest BCUT2D eigenvalue weighted by Gasteiger charge is 2.13. The molecule has 1 amide bonds. The maximum Gasteiger partial charge on any atom is 0.257 e. The van der Waals surface area contributed by atoms with Crippen LogP contribution in [0, 0.1) is 0 Å². The second kappa shape index (κ2) is 6.44. The zero-order chi connectivity index (χ0) is 16.2. The zero-order valence-corrected chi connectivity index (χ0v) is 12.8. The number of para-hydroxylation sites is 1. The Morgan fingerprint density at radius 1 is 1.26 bits per heavy atom. The standard InChI is InChI=1S/C18H17N3O2/c1-2-13-6-3-7-14-16(13)20-11-15(17(14)22)18(23)21-10-12-5-4-8-19-9-12/h3-9,11H,2,10H2,1H3,(H,20,22)(H,21,23). The zero-order valence-electron chi connectivity index (χ0n) is 12.8. The van der Waals surface area contributed by atoms with Crippen molar-refractivity contribution in [3.63, 3.8) is 0 Å². The Morgan fingerprint density at radius 2 is 2.13 bits per heavy atom. The predicted octanol–water partition coefficient (Wildman–Crippen LogP) is 2.42. The number of hydrogen-bond acceptors (Lipinski definition) is 3. The van der Waals surface area contributed by atoms with E-state index in [0.717, 1.165) is 23.1 Å². The average molecular weight is 307 g/mol. The molecular formula is C18H17N3O2. The molecule has 2 heterocycles. The Kier molecular flexibility index (Phi) is 4.19. The molecule has 2 N–H and O–H groups in total. The number of H-pyrrole nitrogens is 1. The molecule has 23 heavy (non-hydrogen) atoms. The van der Waals surface area contributed by atoms with Gasteiger partial charge in [0.15, 0.2) is 0 Å². The molecule has 0 aliphatic rings. The van der Waals surface area contributed by atoms with Crippen molar-refractivity contribution in [2.24, 2.45) is 0 Å². The Bertz CT molecular complexity index is 901. The van der Waals surface area contributed by atoms with Crippen molar-refractivity contribution in [1.29, 1.82) is 0 Å². The Hall–Kier alpha value is -2.95. The fourth-order valence-electron chi connectivity index (χ4n) is 2.56. The third-order valence-electron chi connectivity index (χ3n) is 3.80. The largest absolute Gasteiger partial charge is 0.360 e. The van der Waals surface area contributed by atoms with Crippen molar-refractivity contribution < 1.29 is 4.79 Å². The van der Waals surface area contributed by atoms with Crippen molar-refractivity contribution in [3.8, 4) is 0 Å². The summed E-state index contributed by atoms with van der Waals surface area (Å²) in [6.45, 7) is 2.36. The average Bonchev–Trinajstić information content (AvgIpc) is 2.60. The van der Waals surface area contributed by atoms with Crippen LogP contribution in [0.1, 0.15) is 28.4 Å². The number of aryl methyl sites for hydroxylation is 1. The van der Waals surface area contributed by atoms with E-state index >= 15 is 0 Å². The highest BCUT2D eigenvalue weighted by molar-refractivity contribution is 5.97. The minimum absolute atomic E-state index is 0.120. The molecule has 0 fully saturated rings. The van der Waals surface area contributed by atoms with Crippen molar-refractivity contribution >= 4 is 16.8 Å². The number of pyridine rings is 2. The third kappa shape index (κ3) is 2.99. The Morgan fingerprint density at radius 3 is 2.87 bits per heavy atom. The van der Waals surface area contributed by atoms with Crippen LogP contribution in [0.15, 0.2) is 53.7 Å². The maximum absolute atomic E-state index is 12.6. The number of aromatic nitrogens is 2. The first-order chi connectivity index (χ1) is 11.2. The number of rotatable bonds is 4. The van der Waals surface area contributed by atoms with Crippen LogP contribution in [-0.4, -0.2) is 15.9 Å². The number of fused-ring (bicyclic) bond motifs is 1. The minimum atomic E-state index is -0.390. The lowest BCUT2D eigenvalue weighted by atomic mass is 10.1. The molecule has 1 aromatic carbocycles. The predicted molar refractivity (Wildman–Crippen MR) is 89.4 cm³/mol. The highest BCUT2D eigenvalue weighted by atomic mass is 16.2. The Labute approximate surface area is 133 Å². The highest BCUT2D eigenvalue weighted by Crippen LogP contribution is 2.14. The molecule has 116 valence electrons. The van der Waals surface area contributed by atoms with Crippen LogP contribution in [0.4, 0.5) is 0 Å². The number of carbonyl (C=O) groups is 1. The molecule has 0 aliphatic carbocycles. The van der Waals surface area contributed by atoms with Gasteiger partial charge in [-0.2, -0.15) is 0 Å². The molecule has 0 saturated heterocycles. The number of carbonyl (C=O) groups excluding carboxylic acids is 1. The van der Waals surface area contributed by atoms with Crippen LogP contribution in [0.2, 0.25) is 0 Å². The molecule has 5 nitrogen and oxygen atoms in total. The molecular weight excluding hydrogens is 290 g/mol. The van der Waals surface area contributed by atoms with Gasteiger partial charge in [0.25, 0.3) is 5.91 Å². The number of aromatic amines is 1. The van der Waals surface area contributed by atoms with Crippen molar-refractivity contribution in [2.75, 3.05) is 0 Å². The number of benzene rings is 1. The van der Waals surface area contributed by atoms with Crippen LogP contribution in [-0.2, 0) is 13.0 Å². The monoisotopic (exact) mass is 307 g/mol. The van der Waals surface area contributed by atoms with E-state index in [2.05, 4.69) is 15.3 Å². The molecule has 3 aromatic rings. The van der Waals surface area contributed by atoms with Gasteiger partial charge < -0.3 is 10.3 Å². The topological polar surface area (TPSA) is 74.8 Å². The molecule has 0 spiro atoms. The summed E-state index contributed by atoms with van der Waals surface area (Å²) in [5.74, 6) is -0.390. The summed E-state index contributed by atoms with van der Waals surface area (Å²) in [6, 6.07) is 9.22. The third-order valence-corrected chi connectivity index (χ3v) is 3.80. The van der Waals surface area contributed by atoms with Gasteiger partial charge in [0.1, 0.15) is 5.56 Å². The number of nitrogens with one attached hydrogen (secondary N) is 2. The lowest BCUT2D eigenvalue weighted by molar-refractivity contribution is 0.0949. The SMILES string of the molecule is CCc1cccc2c(=O)c(C(=O)NCc3cccnc3)c[nH]c12. The molecule has 5 heteroatoms. The normalized spacial score (nSPS) is 10.7. The summed E-state index contributed by atoms with van der Waals surface area (Å²) in [5.41, 5.74) is 2.60. The number of nitrogens with zero attached hydrogens (tertiary/aromatic N) is 1. The minimum Gasteiger partial charge on any atom is -0.360 e. The molecule has 0 unspecified atom stereocenters. The van der Waals surface area contributed by atoms with Gasteiger partial charge in [-0.15, -0.1) is 0 Å². The van der Waals surface area contributed by atoms with Crippen molar-refractivity contribution in [2.45, 2.75) is 19.9 Å². The van der Waals surface area contributed by atoms with Crippen LogP contribution < -0.4 is 10.7 Å². The van der Waals surface area contributed by atoms with Gasteiger partial charge in [-0.25, -0.2) is 0 Å². The summed E-state index contributed by atoms with van der Waals surface area (Å²) >= 11 is 0. The van der Waals surface area contributed by atoms with Crippen LogP contribution in [0.5, 0.6) is 0 Å². The van der Waals surface area contributed by atoms with Gasteiger partial charge in [-0.05, 0) is 29.7 Å². The molecule has 0 saturated carbocycles. The Balaban J connectivity index is 1.89. The van der Waals surface area contributed by atoms with Gasteiger partial charge in [0.2, 0.25) is 5.43 Å². The smallest absolute Gasteiger partial charge is 0.257 e.